The van der Waals surface area contributed by atoms with Gasteiger partial charge in [0.05, 0.1) is 30.6 Å². The Morgan fingerprint density at radius 2 is 1.86 bits per heavy atom. The smallest absolute Gasteiger partial charge is 0.416 e. The number of aromatic nitrogens is 1. The zero-order valence-electron chi connectivity index (χ0n) is 19.2. The van der Waals surface area contributed by atoms with Crippen molar-refractivity contribution in [2.24, 2.45) is 0 Å². The summed E-state index contributed by atoms with van der Waals surface area (Å²) in [7, 11) is 3.05. The highest BCUT2D eigenvalue weighted by Crippen LogP contribution is 2.30. The van der Waals surface area contributed by atoms with Crippen LogP contribution in [0.3, 0.4) is 0 Å². The third kappa shape index (κ3) is 5.11. The SMILES string of the molecule is COC(=S)N(C)C1CN(c2ccc(N3CCN(C(=O)c4cc(F)c(Cl)nc4Cl)CC3)c(F)c2)C(=O)O1. The van der Waals surface area contributed by atoms with Crippen molar-refractivity contribution >= 4 is 64.0 Å². The molecule has 192 valence electrons. The van der Waals surface area contributed by atoms with Gasteiger partial charge < -0.3 is 19.3 Å². The number of methoxy groups -OCH3 is 1. The Morgan fingerprint density at radius 3 is 2.50 bits per heavy atom. The molecular weight excluding hydrogens is 539 g/mol. The summed E-state index contributed by atoms with van der Waals surface area (Å²) in [5.41, 5.74) is 0.571. The highest BCUT2D eigenvalue weighted by molar-refractivity contribution is 7.80. The van der Waals surface area contributed by atoms with E-state index in [1.54, 1.807) is 24.1 Å². The van der Waals surface area contributed by atoms with Gasteiger partial charge in [-0.3, -0.25) is 14.6 Å². The van der Waals surface area contributed by atoms with Crippen LogP contribution in [0, 0.1) is 11.6 Å². The maximum atomic E-state index is 15.1. The number of thiocarbonyl (C=S) groups is 1. The van der Waals surface area contributed by atoms with Crippen LogP contribution in [0.4, 0.5) is 25.0 Å². The van der Waals surface area contributed by atoms with Crippen LogP contribution in [0.15, 0.2) is 24.3 Å². The number of likely N-dealkylation sites (N-methyl/N-ethyl adjacent to an activating group) is 1. The van der Waals surface area contributed by atoms with Crippen molar-refractivity contribution in [2.75, 3.05) is 56.7 Å². The first kappa shape index (κ1) is 26.1. The van der Waals surface area contributed by atoms with Gasteiger partial charge in [-0.25, -0.2) is 18.6 Å². The second kappa shape index (κ2) is 10.6. The zero-order valence-corrected chi connectivity index (χ0v) is 21.5. The fraction of sp³-hybridized carbons (Fsp3) is 0.364. The highest BCUT2D eigenvalue weighted by Gasteiger charge is 2.36. The minimum absolute atomic E-state index is 0.0877. The van der Waals surface area contributed by atoms with Gasteiger partial charge in [0.25, 0.3) is 11.1 Å². The Kier molecular flexibility index (Phi) is 7.67. The summed E-state index contributed by atoms with van der Waals surface area (Å²) in [4.78, 5) is 34.8. The van der Waals surface area contributed by atoms with Crippen LogP contribution in [0.2, 0.25) is 10.3 Å². The van der Waals surface area contributed by atoms with Gasteiger partial charge in [-0.05, 0) is 36.5 Å². The van der Waals surface area contributed by atoms with E-state index in [0.717, 1.165) is 6.07 Å². The lowest BCUT2D eigenvalue weighted by atomic mass is 10.2. The maximum Gasteiger partial charge on any atom is 0.416 e. The average molecular weight is 560 g/mol. The normalized spacial score (nSPS) is 17.8. The number of hydrogen-bond acceptors (Lipinski definition) is 7. The van der Waals surface area contributed by atoms with Crippen molar-refractivity contribution in [3.05, 3.63) is 51.8 Å². The Labute approximate surface area is 221 Å². The second-order valence-corrected chi connectivity index (χ2v) is 9.11. The van der Waals surface area contributed by atoms with Gasteiger partial charge >= 0.3 is 6.09 Å². The van der Waals surface area contributed by atoms with Gasteiger partial charge in [0, 0.05) is 33.2 Å². The first-order valence-electron chi connectivity index (χ1n) is 10.7. The molecule has 2 saturated heterocycles. The summed E-state index contributed by atoms with van der Waals surface area (Å²) >= 11 is 16.6. The first-order valence-corrected chi connectivity index (χ1v) is 11.9. The Morgan fingerprint density at radius 1 is 1.17 bits per heavy atom. The number of carbonyl (C=O) groups is 2. The van der Waals surface area contributed by atoms with E-state index < -0.39 is 35.0 Å². The molecule has 1 aromatic carbocycles. The number of ether oxygens (including phenoxy) is 2. The molecule has 0 saturated carbocycles. The van der Waals surface area contributed by atoms with E-state index >= 15 is 4.39 Å². The lowest BCUT2D eigenvalue weighted by molar-refractivity contribution is 0.0677. The van der Waals surface area contributed by atoms with E-state index in [1.165, 1.54) is 27.9 Å². The summed E-state index contributed by atoms with van der Waals surface area (Å²) in [5, 5.41) is -0.439. The maximum absolute atomic E-state index is 15.1. The molecule has 1 aromatic heterocycles. The van der Waals surface area contributed by atoms with Crippen molar-refractivity contribution in [3.8, 4) is 0 Å². The summed E-state index contributed by atoms with van der Waals surface area (Å²) in [6.45, 7) is 1.31. The number of benzene rings is 1. The summed E-state index contributed by atoms with van der Waals surface area (Å²) < 4.78 is 39.2. The van der Waals surface area contributed by atoms with Crippen LogP contribution in [-0.4, -0.2) is 85.1 Å². The Bertz CT molecular complexity index is 1220. The molecule has 2 amide bonds. The number of halogens is 4. The van der Waals surface area contributed by atoms with E-state index in [4.69, 9.17) is 44.9 Å². The number of carbonyl (C=O) groups excluding carboxylic acids is 2. The minimum atomic E-state index is -0.841. The number of anilines is 2. The quantitative estimate of drug-likeness (QED) is 0.413. The number of piperazine rings is 1. The first-order chi connectivity index (χ1) is 17.1. The fourth-order valence-corrected chi connectivity index (χ4v) is 4.48. The summed E-state index contributed by atoms with van der Waals surface area (Å²) in [5.74, 6) is -1.86. The molecule has 3 heterocycles. The predicted molar refractivity (Wildman–Crippen MR) is 134 cm³/mol. The van der Waals surface area contributed by atoms with Crippen LogP contribution in [0.5, 0.6) is 0 Å². The average Bonchev–Trinajstić information content (AvgIpc) is 3.26. The molecule has 1 unspecified atom stereocenters. The summed E-state index contributed by atoms with van der Waals surface area (Å²) in [6.07, 6.45) is -1.30. The van der Waals surface area contributed by atoms with Crippen molar-refractivity contribution < 1.29 is 27.8 Å². The fourth-order valence-electron chi connectivity index (χ4n) is 3.96. The number of amides is 2. The molecule has 36 heavy (non-hydrogen) atoms. The third-order valence-electron chi connectivity index (χ3n) is 5.96. The van der Waals surface area contributed by atoms with Crippen LogP contribution in [0.1, 0.15) is 10.4 Å². The Balaban J connectivity index is 1.41. The monoisotopic (exact) mass is 559 g/mol. The molecule has 2 aromatic rings. The topological polar surface area (TPSA) is 78.5 Å². The Hall–Kier alpha value is -2.96. The largest absolute Gasteiger partial charge is 0.474 e. The summed E-state index contributed by atoms with van der Waals surface area (Å²) in [6, 6.07) is 5.41. The van der Waals surface area contributed by atoms with Crippen molar-refractivity contribution in [1.29, 1.82) is 0 Å². The number of pyridine rings is 1. The van der Waals surface area contributed by atoms with Crippen LogP contribution < -0.4 is 9.80 Å². The van der Waals surface area contributed by atoms with Crippen LogP contribution >= 0.6 is 35.4 Å². The lowest BCUT2D eigenvalue weighted by Gasteiger charge is -2.36. The van der Waals surface area contributed by atoms with E-state index in [-0.39, 0.29) is 35.5 Å². The van der Waals surface area contributed by atoms with E-state index in [0.29, 0.717) is 24.5 Å². The van der Waals surface area contributed by atoms with Crippen molar-refractivity contribution in [1.82, 2.24) is 14.8 Å². The predicted octanol–water partition coefficient (Wildman–Crippen LogP) is 3.77. The van der Waals surface area contributed by atoms with Gasteiger partial charge in [-0.1, -0.05) is 23.2 Å². The van der Waals surface area contributed by atoms with Gasteiger partial charge in [0.1, 0.15) is 11.0 Å². The van der Waals surface area contributed by atoms with Gasteiger partial charge in [0.2, 0.25) is 0 Å². The minimum Gasteiger partial charge on any atom is -0.474 e. The molecule has 4 rings (SSSR count). The molecule has 2 aliphatic rings. The third-order valence-corrected chi connectivity index (χ3v) is 6.97. The molecule has 1 atom stereocenters. The standard InChI is InChI=1S/C22H21Cl2F2N5O4S/c1-28(22(36)34-2)17-11-31(21(33)35-17)12-3-4-16(14(25)9-12)29-5-7-30(8-6-29)20(32)13-10-15(26)19(24)27-18(13)23/h3-4,9-10,17H,5-8,11H2,1-2H3. The van der Waals surface area contributed by atoms with Crippen LogP contribution in [0.25, 0.3) is 0 Å². The number of cyclic esters (lactones) is 1. The highest BCUT2D eigenvalue weighted by atomic mass is 35.5. The molecule has 9 nitrogen and oxygen atoms in total. The lowest BCUT2D eigenvalue weighted by Crippen LogP contribution is -2.49. The molecule has 0 aliphatic carbocycles. The molecule has 0 radical (unpaired) electrons. The molecule has 2 aliphatic heterocycles. The molecular formula is C22H21Cl2F2N5O4S. The van der Waals surface area contributed by atoms with E-state index in [1.807, 2.05) is 0 Å². The molecule has 2 fully saturated rings. The van der Waals surface area contributed by atoms with E-state index in [2.05, 4.69) is 4.98 Å². The van der Waals surface area contributed by atoms with Gasteiger partial charge in [-0.15, -0.1) is 0 Å². The van der Waals surface area contributed by atoms with Crippen LogP contribution in [-0.2, 0) is 9.47 Å². The molecule has 0 bridgehead atoms. The van der Waals surface area contributed by atoms with Crippen molar-refractivity contribution in [2.45, 2.75) is 6.23 Å². The van der Waals surface area contributed by atoms with Gasteiger partial charge in [-0.2, -0.15) is 0 Å². The molecule has 14 heteroatoms. The number of nitrogens with zero attached hydrogens (tertiary/aromatic N) is 5. The second-order valence-electron chi connectivity index (χ2n) is 8.04. The van der Waals surface area contributed by atoms with Crippen molar-refractivity contribution in [3.63, 3.8) is 0 Å². The number of rotatable bonds is 4. The number of hydrogen-bond donors (Lipinski definition) is 0. The molecule has 0 spiro atoms. The van der Waals surface area contributed by atoms with Gasteiger partial charge in [0.15, 0.2) is 17.2 Å². The zero-order chi connectivity index (χ0) is 26.1. The molecule has 0 N–H and O–H groups in total. The van der Waals surface area contributed by atoms with E-state index in [9.17, 15) is 14.0 Å².